The molecule has 0 spiro atoms. The Morgan fingerprint density at radius 2 is 0.774 bits per heavy atom. The molecule has 0 radical (unpaired) electrons. The minimum atomic E-state index is -4.96. The molecule has 0 saturated carbocycles. The van der Waals surface area contributed by atoms with Crippen LogP contribution in [0, 0.1) is 51.7 Å². The van der Waals surface area contributed by atoms with Crippen LogP contribution in [-0.2, 0) is 41.8 Å². The van der Waals surface area contributed by atoms with Crippen LogP contribution < -0.4 is 11.5 Å². The summed E-state index contributed by atoms with van der Waals surface area (Å²) >= 11 is 0. The number of phenols is 6. The number of nitrogen functional groups attached to an aromatic ring is 2. The second-order valence-electron chi connectivity index (χ2n) is 26.1. The third-order valence-corrected chi connectivity index (χ3v) is 20.5. The number of anilines is 2. The molecule has 14 rings (SSSR count). The van der Waals surface area contributed by atoms with Gasteiger partial charge in [0.25, 0.3) is 36.0 Å². The first-order valence-corrected chi connectivity index (χ1v) is 38.1. The minimum Gasteiger partial charge on any atom is -0.506 e. The maximum atomic E-state index is 12.0. The Morgan fingerprint density at radius 3 is 1.26 bits per heavy atom. The van der Waals surface area contributed by atoms with Gasteiger partial charge in [0.05, 0.1) is 16.2 Å². The van der Waals surface area contributed by atoms with E-state index in [4.69, 9.17) is 16.7 Å². The standard InChI is InChI=1S/C24H22N2O2.C20H14N4O10S2.C19H16N2O3.C17H15N3O6S/c1-13-5-7-18-17(9-13)11-16(4)22(24(18)28)25-26-23-19-8-6-14(2)10-20(19)15(3)12-21(23)27;21-10-1-3-12-9(5-10)6-17(36(32,33)34)19(20(12)26)23-22-18-13-4-2-11(24(27)28)7-14(13)16(8-15(18)25)35(29,30)31;1-11-7-8-14-13(9-11)10-12(2)17(18(14)22)21-20-16-6-4-3-5-15(16)19(23)24;18-12-5-6-13-11(7-12)8-15(27(23,24)25)16(17(13)21)20-19-14-4-2-1-3-10(14)9-26-22/h5-12,27-28H,1-4H3;1-8,25-26H,21H2,(H,29,30,31)(H,32,33,34);3-10,22H,1-2H3,(H,23,24);1-8,21-22H,9,18H2,(H,23,24,25). The van der Waals surface area contributed by atoms with Crippen molar-refractivity contribution in [3.8, 4) is 34.5 Å². The average molecular weight is 1610 g/mol. The Kier molecular flexibility index (Phi) is 23.6. The van der Waals surface area contributed by atoms with E-state index in [9.17, 15) is 89.6 Å². The quantitative estimate of drug-likeness (QED) is 0.0113. The topological polar surface area (TPSA) is 545 Å². The molecule has 115 heavy (non-hydrogen) atoms. The number of fused-ring (bicyclic) bond motifs is 6. The maximum absolute atomic E-state index is 12.0. The second kappa shape index (κ2) is 33.1. The fourth-order valence-electron chi connectivity index (χ4n) is 12.4. The molecule has 0 bridgehead atoms. The minimum absolute atomic E-state index is 0.0431. The van der Waals surface area contributed by atoms with Crippen LogP contribution in [0.5, 0.6) is 34.5 Å². The summed E-state index contributed by atoms with van der Waals surface area (Å²) in [6.07, 6.45) is 0. The highest BCUT2D eigenvalue weighted by Crippen LogP contribution is 2.48. The maximum Gasteiger partial charge on any atom is 0.337 e. The number of phenolic OH excluding ortho intramolecular Hbond substituents is 6. The van der Waals surface area contributed by atoms with Gasteiger partial charge in [0.1, 0.15) is 72.6 Å². The molecular formula is C80H67N11O21S3. The van der Waals surface area contributed by atoms with Crippen LogP contribution in [0.1, 0.15) is 49.3 Å². The molecule has 0 heterocycles. The second-order valence-corrected chi connectivity index (χ2v) is 30.3. The Labute approximate surface area is 652 Å². The van der Waals surface area contributed by atoms with E-state index in [0.717, 1.165) is 90.6 Å². The van der Waals surface area contributed by atoms with Crippen LogP contribution in [-0.4, -0.2) is 90.8 Å². The van der Waals surface area contributed by atoms with Crippen molar-refractivity contribution in [3.63, 3.8) is 0 Å². The summed E-state index contributed by atoms with van der Waals surface area (Å²) in [4.78, 5) is 23.3. The lowest BCUT2D eigenvalue weighted by Gasteiger charge is -2.11. The van der Waals surface area contributed by atoms with Crippen LogP contribution >= 0.6 is 0 Å². The lowest BCUT2D eigenvalue weighted by molar-refractivity contribution is -0.384. The number of azo groups is 4. The number of carboxylic acid groups (broad SMARTS) is 1. The predicted molar refractivity (Wildman–Crippen MR) is 431 cm³/mol. The van der Waals surface area contributed by atoms with Crippen molar-refractivity contribution in [2.75, 3.05) is 11.5 Å². The van der Waals surface area contributed by atoms with E-state index in [1.807, 2.05) is 102 Å². The number of aryl methyl sites for hydroxylation is 6. The molecule has 586 valence electrons. The largest absolute Gasteiger partial charge is 0.506 e. The van der Waals surface area contributed by atoms with Crippen molar-refractivity contribution in [2.24, 2.45) is 40.9 Å². The number of rotatable bonds is 15. The van der Waals surface area contributed by atoms with Crippen molar-refractivity contribution >= 4 is 164 Å². The van der Waals surface area contributed by atoms with Crippen LogP contribution in [0.15, 0.2) is 250 Å². The summed E-state index contributed by atoms with van der Waals surface area (Å²) in [5.74, 6) is -2.88. The first kappa shape index (κ1) is 81.9. The number of carbonyl (C=O) groups is 1. The number of hydrogen-bond donors (Lipinski definition) is 13. The summed E-state index contributed by atoms with van der Waals surface area (Å²) in [6.45, 7) is 11.6. The van der Waals surface area contributed by atoms with Gasteiger partial charge in [0, 0.05) is 72.8 Å². The normalized spacial score (nSPS) is 11.9. The zero-order chi connectivity index (χ0) is 83.4. The van der Waals surface area contributed by atoms with Gasteiger partial charge in [-0.25, -0.2) is 9.68 Å². The molecule has 0 aromatic heterocycles. The monoisotopic (exact) mass is 1610 g/mol. The van der Waals surface area contributed by atoms with Crippen molar-refractivity contribution in [1.82, 2.24) is 0 Å². The van der Waals surface area contributed by atoms with Crippen LogP contribution in [0.2, 0.25) is 0 Å². The Balaban J connectivity index is 0.000000153. The summed E-state index contributed by atoms with van der Waals surface area (Å²) in [5, 5.41) is 130. The third kappa shape index (κ3) is 18.0. The number of hydrogen-bond acceptors (Lipinski definition) is 27. The summed E-state index contributed by atoms with van der Waals surface area (Å²) in [6, 6.07) is 50.3. The van der Waals surface area contributed by atoms with E-state index in [1.54, 1.807) is 48.5 Å². The molecule has 35 heteroatoms. The van der Waals surface area contributed by atoms with Gasteiger partial charge in [0.2, 0.25) is 0 Å². The molecule has 0 unspecified atom stereocenters. The van der Waals surface area contributed by atoms with Crippen molar-refractivity contribution < 1.29 is 94.5 Å². The van der Waals surface area contributed by atoms with E-state index in [1.165, 1.54) is 42.5 Å². The van der Waals surface area contributed by atoms with Gasteiger partial charge in [-0.15, -0.1) is 35.8 Å². The molecule has 0 amide bonds. The highest BCUT2D eigenvalue weighted by Gasteiger charge is 2.27. The number of nitro benzene ring substituents is 1. The van der Waals surface area contributed by atoms with E-state index >= 15 is 0 Å². The molecule has 32 nitrogen and oxygen atoms in total. The number of carboxylic acids is 1. The van der Waals surface area contributed by atoms with E-state index in [2.05, 4.69) is 51.9 Å². The molecule has 0 atom stereocenters. The number of aromatic carboxylic acids is 1. The molecule has 0 aliphatic rings. The van der Waals surface area contributed by atoms with Crippen LogP contribution in [0.4, 0.5) is 62.6 Å². The van der Waals surface area contributed by atoms with Crippen LogP contribution in [0.3, 0.4) is 0 Å². The van der Waals surface area contributed by atoms with Gasteiger partial charge >= 0.3 is 5.97 Å². The number of nitrogens with two attached hydrogens (primary N) is 2. The SMILES string of the molecule is Cc1ccc2c(O)c(N=Nc3c(O)cc(C)c4cc(C)ccc34)c(C)cc2c1.Cc1ccc2c(O)c(N=Nc3ccccc3C(=O)O)c(C)cc2c1.Nc1ccc2c(O)c(N=Nc3c(O)cc(S(=O)(=O)O)c4cc([N+](=O)[O-])ccc34)c(S(=O)(=O)O)cc2c1.Nc1ccc2c(O)c(N=Nc3ccccc3COO)c(S(=O)(=O)O)cc2c1. The third-order valence-electron chi connectivity index (χ3n) is 17.9. The highest BCUT2D eigenvalue weighted by atomic mass is 32.2. The Bertz CT molecular complexity index is 6870. The Hall–Kier alpha value is -14.0. The molecule has 0 aliphatic heterocycles. The molecule has 15 N–H and O–H groups in total. The number of aromatic hydroxyl groups is 6. The highest BCUT2D eigenvalue weighted by molar-refractivity contribution is 7.86. The molecule has 0 aliphatic carbocycles. The van der Waals surface area contributed by atoms with E-state index in [-0.39, 0.29) is 68.0 Å². The van der Waals surface area contributed by atoms with Gasteiger partial charge in [-0.1, -0.05) is 102 Å². The fourth-order valence-corrected chi connectivity index (χ4v) is 14.4. The van der Waals surface area contributed by atoms with Crippen molar-refractivity contribution in [2.45, 2.75) is 62.8 Å². The summed E-state index contributed by atoms with van der Waals surface area (Å²) in [5.41, 5.74) is 18.0. The molecule has 0 fully saturated rings. The van der Waals surface area contributed by atoms with Gasteiger partial charge in [-0.2, -0.15) is 30.4 Å². The zero-order valence-electron chi connectivity index (χ0n) is 61.1. The summed E-state index contributed by atoms with van der Waals surface area (Å²) in [7, 11) is -14.6. The zero-order valence-corrected chi connectivity index (χ0v) is 63.5. The number of nitro groups is 1. The van der Waals surface area contributed by atoms with Gasteiger partial charge < -0.3 is 47.2 Å². The average Bonchev–Trinajstić information content (AvgIpc) is 0.766. The molecule has 14 aromatic carbocycles. The lowest BCUT2D eigenvalue weighted by Crippen LogP contribution is -2.00. The number of nitrogens with zero attached hydrogens (tertiary/aromatic N) is 9. The predicted octanol–water partition coefficient (Wildman–Crippen LogP) is 19.9. The van der Waals surface area contributed by atoms with Gasteiger partial charge in [0.15, 0.2) is 23.0 Å². The van der Waals surface area contributed by atoms with Gasteiger partial charge in [-0.05, 0) is 176 Å². The van der Waals surface area contributed by atoms with Gasteiger partial charge in [-0.3, -0.25) is 29.0 Å². The van der Waals surface area contributed by atoms with Crippen LogP contribution in [0.25, 0.3) is 64.6 Å². The fraction of sp³-hybridized carbons (Fsp3) is 0.0875. The smallest absolute Gasteiger partial charge is 0.337 e. The number of non-ortho nitro benzene ring substituents is 1. The molecular weight excluding hydrogens is 1550 g/mol. The molecule has 0 saturated heterocycles. The van der Waals surface area contributed by atoms with Crippen molar-refractivity contribution in [3.05, 3.63) is 249 Å². The molecule has 14 aromatic rings. The first-order chi connectivity index (χ1) is 54.3. The Morgan fingerprint density at radius 1 is 0.391 bits per heavy atom. The summed E-state index contributed by atoms with van der Waals surface area (Å²) < 4.78 is 99.9. The first-order valence-electron chi connectivity index (χ1n) is 33.8. The number of benzene rings is 14. The lowest BCUT2D eigenvalue weighted by atomic mass is 10.0. The van der Waals surface area contributed by atoms with E-state index < -0.39 is 101 Å². The van der Waals surface area contributed by atoms with Crippen molar-refractivity contribution in [1.29, 1.82) is 0 Å². The van der Waals surface area contributed by atoms with E-state index in [0.29, 0.717) is 45.2 Å².